The molecule has 2 rings (SSSR count). The van der Waals surface area contributed by atoms with E-state index in [0.29, 0.717) is 12.5 Å². The highest BCUT2D eigenvalue weighted by Gasteiger charge is 2.07. The highest BCUT2D eigenvalue weighted by molar-refractivity contribution is 14.0. The quantitative estimate of drug-likeness (QED) is 0.353. The van der Waals surface area contributed by atoms with Crippen LogP contribution in [0.4, 0.5) is 0 Å². The third-order valence-electron chi connectivity index (χ3n) is 4.48. The molecule has 0 radical (unpaired) electrons. The lowest BCUT2D eigenvalue weighted by Crippen LogP contribution is -2.43. The van der Waals surface area contributed by atoms with Crippen LogP contribution >= 0.6 is 24.0 Å². The van der Waals surface area contributed by atoms with Crippen molar-refractivity contribution in [3.05, 3.63) is 70.8 Å². The Morgan fingerprint density at radius 1 is 0.964 bits per heavy atom. The monoisotopic (exact) mass is 494 g/mol. The number of hydrogen-bond acceptors (Lipinski definition) is 2. The number of aryl methyl sites for hydroxylation is 2. The second-order valence-electron chi connectivity index (χ2n) is 6.84. The Kier molecular flexibility index (Phi) is 10.6. The van der Waals surface area contributed by atoms with Gasteiger partial charge in [-0.1, -0.05) is 48.5 Å². The minimum absolute atomic E-state index is 0. The van der Waals surface area contributed by atoms with Gasteiger partial charge >= 0.3 is 0 Å². The molecule has 0 saturated carbocycles. The second kappa shape index (κ2) is 12.4. The molecule has 0 aliphatic carbocycles. The van der Waals surface area contributed by atoms with E-state index in [2.05, 4.69) is 47.7 Å². The average molecular weight is 494 g/mol. The summed E-state index contributed by atoms with van der Waals surface area (Å²) in [5.41, 5.74) is 5.09. The van der Waals surface area contributed by atoms with Gasteiger partial charge < -0.3 is 15.5 Å². The zero-order valence-electron chi connectivity index (χ0n) is 17.2. The van der Waals surface area contributed by atoms with Crippen LogP contribution in [0.15, 0.2) is 53.5 Å². The van der Waals surface area contributed by atoms with E-state index in [4.69, 9.17) is 0 Å². The van der Waals surface area contributed by atoms with Crippen LogP contribution in [0.2, 0.25) is 0 Å². The maximum absolute atomic E-state index is 11.9. The van der Waals surface area contributed by atoms with E-state index in [0.717, 1.165) is 18.5 Å². The van der Waals surface area contributed by atoms with Gasteiger partial charge in [0.1, 0.15) is 0 Å². The van der Waals surface area contributed by atoms with Crippen molar-refractivity contribution in [3.8, 4) is 0 Å². The van der Waals surface area contributed by atoms with Gasteiger partial charge in [0, 0.05) is 20.6 Å². The predicted octanol–water partition coefficient (Wildman–Crippen LogP) is 3.29. The number of carbonyl (C=O) groups is 1. The topological polar surface area (TPSA) is 56.7 Å². The summed E-state index contributed by atoms with van der Waals surface area (Å²) in [6, 6.07) is 16.4. The first-order valence-corrected chi connectivity index (χ1v) is 9.28. The summed E-state index contributed by atoms with van der Waals surface area (Å²) in [4.78, 5) is 18.1. The molecule has 0 spiro atoms. The summed E-state index contributed by atoms with van der Waals surface area (Å²) < 4.78 is 0. The molecule has 0 heterocycles. The molecule has 0 fully saturated rings. The van der Waals surface area contributed by atoms with E-state index >= 15 is 0 Å². The maximum Gasteiger partial charge on any atom is 0.241 e. The van der Waals surface area contributed by atoms with Crippen LogP contribution in [0, 0.1) is 13.8 Å². The Labute approximate surface area is 185 Å². The van der Waals surface area contributed by atoms with Gasteiger partial charge in [0.2, 0.25) is 5.91 Å². The number of benzene rings is 2. The molecular formula is C22H31IN4O. The molecule has 6 heteroatoms. The standard InChI is InChI=1S/C22H30N4O.HI/c1-17-9-8-10-18(2)20(17)13-14-23-22(25-16-21(27)26(3)4)24-15-19-11-6-5-7-12-19;/h5-12H,13-16H2,1-4H3,(H2,23,24,25);1H. The lowest BCUT2D eigenvalue weighted by molar-refractivity contribution is -0.127. The van der Waals surface area contributed by atoms with E-state index in [1.807, 2.05) is 30.3 Å². The number of hydrogen-bond donors (Lipinski definition) is 2. The molecule has 5 nitrogen and oxygen atoms in total. The Hall–Kier alpha value is -2.09. The van der Waals surface area contributed by atoms with Crippen LogP contribution in [0.1, 0.15) is 22.3 Å². The minimum Gasteiger partial charge on any atom is -0.356 e. The van der Waals surface area contributed by atoms with Crippen molar-refractivity contribution in [1.29, 1.82) is 0 Å². The first-order valence-electron chi connectivity index (χ1n) is 9.28. The Morgan fingerprint density at radius 3 is 2.21 bits per heavy atom. The molecule has 2 aromatic rings. The molecule has 0 aliphatic heterocycles. The van der Waals surface area contributed by atoms with E-state index in [9.17, 15) is 4.79 Å². The molecule has 1 amide bonds. The molecule has 152 valence electrons. The molecule has 0 saturated heterocycles. The highest BCUT2D eigenvalue weighted by atomic mass is 127. The fourth-order valence-electron chi connectivity index (χ4n) is 2.79. The summed E-state index contributed by atoms with van der Waals surface area (Å²) in [5.74, 6) is 0.666. The first-order chi connectivity index (χ1) is 13.0. The van der Waals surface area contributed by atoms with E-state index in [1.54, 1.807) is 19.0 Å². The summed E-state index contributed by atoms with van der Waals surface area (Å²) in [6.07, 6.45) is 0.909. The third kappa shape index (κ3) is 7.88. The Balaban J connectivity index is 0.00000392. The zero-order chi connectivity index (χ0) is 19.6. The number of aliphatic imine (C=N–C) groups is 1. The van der Waals surface area contributed by atoms with Crippen LogP contribution in [0.25, 0.3) is 0 Å². The van der Waals surface area contributed by atoms with Crippen molar-refractivity contribution in [2.24, 2.45) is 4.99 Å². The van der Waals surface area contributed by atoms with Crippen LogP contribution in [-0.2, 0) is 17.8 Å². The van der Waals surface area contributed by atoms with E-state index < -0.39 is 0 Å². The molecule has 28 heavy (non-hydrogen) atoms. The summed E-state index contributed by atoms with van der Waals surface area (Å²) in [7, 11) is 3.50. The van der Waals surface area contributed by atoms with Gasteiger partial charge in [-0.3, -0.25) is 4.79 Å². The minimum atomic E-state index is 0. The highest BCUT2D eigenvalue weighted by Crippen LogP contribution is 2.13. The van der Waals surface area contributed by atoms with Crippen molar-refractivity contribution in [2.45, 2.75) is 26.8 Å². The summed E-state index contributed by atoms with van der Waals surface area (Å²) >= 11 is 0. The van der Waals surface area contributed by atoms with Crippen molar-refractivity contribution in [1.82, 2.24) is 15.5 Å². The van der Waals surface area contributed by atoms with E-state index in [1.165, 1.54) is 16.7 Å². The van der Waals surface area contributed by atoms with Gasteiger partial charge in [0.25, 0.3) is 0 Å². The molecule has 0 bridgehead atoms. The van der Waals surface area contributed by atoms with E-state index in [-0.39, 0.29) is 36.4 Å². The van der Waals surface area contributed by atoms with Gasteiger partial charge in [-0.05, 0) is 42.5 Å². The van der Waals surface area contributed by atoms with Gasteiger partial charge in [-0.15, -0.1) is 24.0 Å². The lowest BCUT2D eigenvalue weighted by atomic mass is 10.0. The number of nitrogens with zero attached hydrogens (tertiary/aromatic N) is 2. The van der Waals surface area contributed by atoms with Crippen molar-refractivity contribution >= 4 is 35.8 Å². The number of carbonyl (C=O) groups excluding carboxylic acids is 1. The molecule has 2 aromatic carbocycles. The van der Waals surface area contributed by atoms with Crippen molar-refractivity contribution < 1.29 is 4.79 Å². The second-order valence-corrected chi connectivity index (χ2v) is 6.84. The van der Waals surface area contributed by atoms with Crippen LogP contribution in [0.3, 0.4) is 0 Å². The van der Waals surface area contributed by atoms with Gasteiger partial charge in [0.05, 0.1) is 13.1 Å². The largest absolute Gasteiger partial charge is 0.356 e. The van der Waals surface area contributed by atoms with Gasteiger partial charge in [0.15, 0.2) is 5.96 Å². The Morgan fingerprint density at radius 2 is 1.61 bits per heavy atom. The van der Waals surface area contributed by atoms with Crippen LogP contribution in [-0.4, -0.2) is 44.0 Å². The maximum atomic E-state index is 11.9. The van der Waals surface area contributed by atoms with Crippen LogP contribution < -0.4 is 10.6 Å². The number of guanidine groups is 1. The normalized spacial score (nSPS) is 10.8. The molecule has 0 atom stereocenters. The van der Waals surface area contributed by atoms with Crippen molar-refractivity contribution in [2.75, 3.05) is 27.2 Å². The lowest BCUT2D eigenvalue weighted by Gasteiger charge is -2.16. The smallest absolute Gasteiger partial charge is 0.241 e. The summed E-state index contributed by atoms with van der Waals surface area (Å²) in [5, 5.41) is 6.49. The number of rotatable bonds is 7. The average Bonchev–Trinajstić information content (AvgIpc) is 2.66. The predicted molar refractivity (Wildman–Crippen MR) is 127 cm³/mol. The molecule has 2 N–H and O–H groups in total. The number of likely N-dealkylation sites (N-methyl/N-ethyl adjacent to an activating group) is 1. The van der Waals surface area contributed by atoms with Gasteiger partial charge in [-0.2, -0.15) is 0 Å². The summed E-state index contributed by atoms with van der Waals surface area (Å²) in [6.45, 7) is 5.82. The molecule has 0 aliphatic rings. The number of amides is 1. The zero-order valence-corrected chi connectivity index (χ0v) is 19.5. The van der Waals surface area contributed by atoms with Crippen molar-refractivity contribution in [3.63, 3.8) is 0 Å². The molecule has 0 unspecified atom stereocenters. The number of nitrogens with one attached hydrogen (secondary N) is 2. The molecule has 0 aromatic heterocycles. The Bertz CT molecular complexity index is 755. The van der Waals surface area contributed by atoms with Gasteiger partial charge in [-0.25, -0.2) is 4.99 Å². The fraction of sp³-hybridized carbons (Fsp3) is 0.364. The first kappa shape index (κ1) is 23.9. The SMILES string of the molecule is Cc1cccc(C)c1CCNC(=NCc1ccccc1)NCC(=O)N(C)C.I. The number of halogens is 1. The fourth-order valence-corrected chi connectivity index (χ4v) is 2.79. The van der Waals surface area contributed by atoms with Crippen LogP contribution in [0.5, 0.6) is 0 Å². The third-order valence-corrected chi connectivity index (χ3v) is 4.48. The molecular weight excluding hydrogens is 463 g/mol.